The normalized spacial score (nSPS) is 11.2. The van der Waals surface area contributed by atoms with E-state index in [0.717, 1.165) is 7.11 Å². The van der Waals surface area contributed by atoms with Crippen LogP contribution < -0.4 is 0 Å². The lowest BCUT2D eigenvalue weighted by Crippen LogP contribution is -2.05. The predicted molar refractivity (Wildman–Crippen MR) is 46.0 cm³/mol. The van der Waals surface area contributed by atoms with Crippen LogP contribution in [0.1, 0.15) is 10.4 Å². The molecule has 1 rings (SSSR count). The summed E-state index contributed by atoms with van der Waals surface area (Å²) in [5, 5.41) is 0. The number of rotatable bonds is 3. The number of benzene rings is 1. The predicted octanol–water partition coefficient (Wildman–Crippen LogP) is 0.834. The fourth-order valence-corrected chi connectivity index (χ4v) is 1.72. The number of carbonyl (C=O) groups is 1. The Morgan fingerprint density at radius 2 is 1.92 bits per heavy atom. The first-order valence-corrected chi connectivity index (χ1v) is 4.87. The fraction of sp³-hybridized carbons (Fsp3) is 0.125. The highest BCUT2D eigenvalue weighted by atomic mass is 32.2. The van der Waals surface area contributed by atoms with Crippen molar-refractivity contribution in [2.24, 2.45) is 0 Å². The van der Waals surface area contributed by atoms with E-state index in [4.69, 9.17) is 0 Å². The van der Waals surface area contributed by atoms with Crippen LogP contribution in [0.25, 0.3) is 0 Å². The van der Waals surface area contributed by atoms with Crippen molar-refractivity contribution in [2.75, 3.05) is 7.11 Å². The zero-order chi connectivity index (χ0) is 9.90. The topological polar surface area (TPSA) is 60.4 Å². The van der Waals surface area contributed by atoms with Crippen molar-refractivity contribution in [1.29, 1.82) is 0 Å². The van der Waals surface area contributed by atoms with Crippen molar-refractivity contribution in [3.8, 4) is 0 Å². The SMILES string of the molecule is COS(=O)(=O)c1ccccc1C=O. The molecule has 4 nitrogen and oxygen atoms in total. The maximum atomic E-state index is 11.2. The van der Waals surface area contributed by atoms with Gasteiger partial charge in [-0.05, 0) is 6.07 Å². The molecule has 0 atom stereocenters. The molecule has 0 amide bonds. The van der Waals surface area contributed by atoms with Gasteiger partial charge in [-0.15, -0.1) is 0 Å². The molecule has 0 saturated heterocycles. The first kappa shape index (κ1) is 9.88. The minimum atomic E-state index is -3.77. The van der Waals surface area contributed by atoms with E-state index in [-0.39, 0.29) is 10.5 Å². The van der Waals surface area contributed by atoms with Crippen LogP contribution in [0, 0.1) is 0 Å². The summed E-state index contributed by atoms with van der Waals surface area (Å²) < 4.78 is 26.7. The van der Waals surface area contributed by atoms with Gasteiger partial charge in [0.1, 0.15) is 4.90 Å². The molecular weight excluding hydrogens is 192 g/mol. The summed E-state index contributed by atoms with van der Waals surface area (Å²) >= 11 is 0. The Bertz CT molecular complexity index is 408. The number of carbonyl (C=O) groups excluding carboxylic acids is 1. The number of hydrogen-bond donors (Lipinski definition) is 0. The summed E-state index contributed by atoms with van der Waals surface area (Å²) in [4.78, 5) is 10.4. The summed E-state index contributed by atoms with van der Waals surface area (Å²) in [5.74, 6) is 0. The molecule has 0 saturated carbocycles. The Balaban J connectivity index is 3.37. The highest BCUT2D eigenvalue weighted by molar-refractivity contribution is 7.86. The van der Waals surface area contributed by atoms with Gasteiger partial charge in [-0.3, -0.25) is 8.98 Å². The molecule has 0 bridgehead atoms. The Labute approximate surface area is 76.3 Å². The van der Waals surface area contributed by atoms with Gasteiger partial charge in [0.15, 0.2) is 6.29 Å². The molecule has 0 spiro atoms. The first-order chi connectivity index (χ1) is 6.11. The minimum Gasteiger partial charge on any atom is -0.298 e. The van der Waals surface area contributed by atoms with E-state index in [1.165, 1.54) is 18.2 Å². The van der Waals surface area contributed by atoms with Gasteiger partial charge in [-0.2, -0.15) is 8.42 Å². The first-order valence-electron chi connectivity index (χ1n) is 3.46. The second-order valence-corrected chi connectivity index (χ2v) is 3.96. The lowest BCUT2D eigenvalue weighted by atomic mass is 10.2. The summed E-state index contributed by atoms with van der Waals surface area (Å²) in [6.07, 6.45) is 0.478. The van der Waals surface area contributed by atoms with Crippen molar-refractivity contribution in [3.05, 3.63) is 29.8 Å². The summed E-state index contributed by atoms with van der Waals surface area (Å²) in [7, 11) is -2.72. The average Bonchev–Trinajstić information content (AvgIpc) is 2.18. The van der Waals surface area contributed by atoms with Gasteiger partial charge < -0.3 is 0 Å². The summed E-state index contributed by atoms with van der Waals surface area (Å²) in [6.45, 7) is 0. The molecule has 0 unspecified atom stereocenters. The van der Waals surface area contributed by atoms with Crippen LogP contribution in [0.4, 0.5) is 0 Å². The molecule has 0 radical (unpaired) electrons. The second kappa shape index (κ2) is 3.68. The Hall–Kier alpha value is -1.20. The van der Waals surface area contributed by atoms with E-state index >= 15 is 0 Å². The van der Waals surface area contributed by atoms with Crippen LogP contribution in [0.2, 0.25) is 0 Å². The molecule has 1 aromatic rings. The van der Waals surface area contributed by atoms with Gasteiger partial charge in [0.05, 0.1) is 7.11 Å². The van der Waals surface area contributed by atoms with Crippen LogP contribution in [0.15, 0.2) is 29.2 Å². The van der Waals surface area contributed by atoms with Crippen molar-refractivity contribution < 1.29 is 17.4 Å². The lowest BCUT2D eigenvalue weighted by Gasteiger charge is -2.02. The van der Waals surface area contributed by atoms with Crippen LogP contribution in [-0.2, 0) is 14.3 Å². The van der Waals surface area contributed by atoms with Crippen molar-refractivity contribution in [2.45, 2.75) is 4.90 Å². The molecule has 0 N–H and O–H groups in total. The van der Waals surface area contributed by atoms with E-state index in [1.54, 1.807) is 6.07 Å². The van der Waals surface area contributed by atoms with E-state index in [9.17, 15) is 13.2 Å². The monoisotopic (exact) mass is 200 g/mol. The third-order valence-electron chi connectivity index (χ3n) is 1.53. The van der Waals surface area contributed by atoms with Gasteiger partial charge >= 0.3 is 0 Å². The maximum Gasteiger partial charge on any atom is 0.297 e. The van der Waals surface area contributed by atoms with Gasteiger partial charge in [-0.1, -0.05) is 18.2 Å². The largest absolute Gasteiger partial charge is 0.298 e. The Kier molecular flexibility index (Phi) is 2.79. The van der Waals surface area contributed by atoms with E-state index in [1.807, 2.05) is 0 Å². The van der Waals surface area contributed by atoms with Gasteiger partial charge in [0, 0.05) is 5.56 Å². The molecule has 13 heavy (non-hydrogen) atoms. The standard InChI is InChI=1S/C8H8O4S/c1-12-13(10,11)8-5-3-2-4-7(8)6-9/h2-6H,1H3. The Morgan fingerprint density at radius 1 is 1.31 bits per heavy atom. The molecule has 0 aliphatic heterocycles. The molecule has 1 aromatic carbocycles. The molecule has 5 heteroatoms. The van der Waals surface area contributed by atoms with E-state index in [0.29, 0.717) is 6.29 Å². The van der Waals surface area contributed by atoms with Crippen LogP contribution in [0.5, 0.6) is 0 Å². The smallest absolute Gasteiger partial charge is 0.297 e. The third kappa shape index (κ3) is 1.93. The van der Waals surface area contributed by atoms with Crippen molar-refractivity contribution in [1.82, 2.24) is 0 Å². The zero-order valence-corrected chi connectivity index (χ0v) is 7.74. The van der Waals surface area contributed by atoms with Crippen LogP contribution >= 0.6 is 0 Å². The second-order valence-electron chi connectivity index (χ2n) is 2.28. The van der Waals surface area contributed by atoms with Crippen molar-refractivity contribution >= 4 is 16.4 Å². The third-order valence-corrected chi connectivity index (χ3v) is 2.88. The summed E-state index contributed by atoms with van der Waals surface area (Å²) in [6, 6.07) is 5.85. The molecule has 70 valence electrons. The van der Waals surface area contributed by atoms with E-state index < -0.39 is 10.1 Å². The minimum absolute atomic E-state index is 0.101. The van der Waals surface area contributed by atoms with Crippen molar-refractivity contribution in [3.63, 3.8) is 0 Å². The van der Waals surface area contributed by atoms with E-state index in [2.05, 4.69) is 4.18 Å². The highest BCUT2D eigenvalue weighted by Crippen LogP contribution is 2.14. The van der Waals surface area contributed by atoms with Crippen LogP contribution in [-0.4, -0.2) is 21.8 Å². The molecule has 0 heterocycles. The molecular formula is C8H8O4S. The number of hydrogen-bond acceptors (Lipinski definition) is 4. The molecule has 0 aliphatic rings. The maximum absolute atomic E-state index is 11.2. The Morgan fingerprint density at radius 3 is 2.46 bits per heavy atom. The lowest BCUT2D eigenvalue weighted by molar-refractivity contribution is 0.112. The van der Waals surface area contributed by atoms with Gasteiger partial charge in [0.2, 0.25) is 0 Å². The average molecular weight is 200 g/mol. The highest BCUT2D eigenvalue weighted by Gasteiger charge is 2.16. The quantitative estimate of drug-likeness (QED) is 0.535. The van der Waals surface area contributed by atoms with Crippen LogP contribution in [0.3, 0.4) is 0 Å². The zero-order valence-electron chi connectivity index (χ0n) is 6.93. The van der Waals surface area contributed by atoms with Gasteiger partial charge in [0.25, 0.3) is 10.1 Å². The van der Waals surface area contributed by atoms with Gasteiger partial charge in [-0.25, -0.2) is 0 Å². The molecule has 0 aromatic heterocycles. The fourth-order valence-electron chi connectivity index (χ4n) is 0.895. The molecule has 0 aliphatic carbocycles. The molecule has 0 fully saturated rings. The number of aldehydes is 1. The summed E-state index contributed by atoms with van der Waals surface area (Å²) in [5.41, 5.74) is 0.101.